The second-order valence-electron chi connectivity index (χ2n) is 5.00. The van der Waals surface area contributed by atoms with Crippen molar-refractivity contribution in [3.63, 3.8) is 0 Å². The summed E-state index contributed by atoms with van der Waals surface area (Å²) < 4.78 is 0. The first-order chi connectivity index (χ1) is 7.08. The minimum Gasteiger partial charge on any atom is -0.344 e. The molecule has 1 saturated heterocycles. The molecule has 0 radical (unpaired) electrons. The van der Waals surface area contributed by atoms with E-state index >= 15 is 0 Å². The highest BCUT2D eigenvalue weighted by Crippen LogP contribution is 2.44. The lowest BCUT2D eigenvalue weighted by atomic mass is 9.86. The fourth-order valence-corrected chi connectivity index (χ4v) is 3.22. The number of aromatic nitrogens is 1. The van der Waals surface area contributed by atoms with Gasteiger partial charge >= 0.3 is 0 Å². The molecule has 1 aromatic rings. The van der Waals surface area contributed by atoms with Crippen LogP contribution >= 0.6 is 11.3 Å². The summed E-state index contributed by atoms with van der Waals surface area (Å²) in [5.74, 6) is 0.788. The van der Waals surface area contributed by atoms with E-state index in [-0.39, 0.29) is 5.54 Å². The molecular weight excluding hydrogens is 206 g/mol. The van der Waals surface area contributed by atoms with E-state index < -0.39 is 0 Å². The Balaban J connectivity index is 1.71. The number of hydrogen-bond donors (Lipinski definition) is 1. The molecule has 1 aliphatic carbocycles. The van der Waals surface area contributed by atoms with Gasteiger partial charge in [0.1, 0.15) is 0 Å². The molecule has 0 bridgehead atoms. The molecule has 0 amide bonds. The topological polar surface area (TPSA) is 42.2 Å². The molecular formula is C11H17N3S. The Morgan fingerprint density at radius 2 is 2.07 bits per heavy atom. The molecule has 0 atom stereocenters. The van der Waals surface area contributed by atoms with Gasteiger partial charge in [-0.3, -0.25) is 0 Å². The summed E-state index contributed by atoms with van der Waals surface area (Å²) in [6.07, 6.45) is 2.67. The second kappa shape index (κ2) is 2.95. The van der Waals surface area contributed by atoms with E-state index in [0.717, 1.165) is 29.8 Å². The van der Waals surface area contributed by atoms with Crippen LogP contribution in [0.4, 0.5) is 5.13 Å². The first-order valence-corrected chi connectivity index (χ1v) is 6.38. The van der Waals surface area contributed by atoms with Gasteiger partial charge in [0.2, 0.25) is 0 Å². The SMILES string of the molecule is Cc1nc(N2CC(N)(C3CC3)C2)sc1C. The summed E-state index contributed by atoms with van der Waals surface area (Å²) in [4.78, 5) is 8.21. The Kier molecular flexibility index (Phi) is 1.89. The molecule has 82 valence electrons. The zero-order valence-electron chi connectivity index (χ0n) is 9.29. The Bertz CT molecular complexity index is 369. The zero-order chi connectivity index (χ0) is 10.6. The van der Waals surface area contributed by atoms with Crippen molar-refractivity contribution in [3.8, 4) is 0 Å². The molecule has 0 spiro atoms. The summed E-state index contributed by atoms with van der Waals surface area (Å²) in [5.41, 5.74) is 7.58. The average Bonchev–Trinajstić information content (AvgIpc) is 2.90. The van der Waals surface area contributed by atoms with Crippen molar-refractivity contribution < 1.29 is 0 Å². The van der Waals surface area contributed by atoms with Crippen molar-refractivity contribution in [2.45, 2.75) is 32.2 Å². The Labute approximate surface area is 94.3 Å². The minimum absolute atomic E-state index is 0.105. The third-order valence-electron chi connectivity index (χ3n) is 3.65. The van der Waals surface area contributed by atoms with Crippen LogP contribution in [0.1, 0.15) is 23.4 Å². The number of rotatable bonds is 2. The van der Waals surface area contributed by atoms with E-state index in [1.807, 2.05) is 0 Å². The monoisotopic (exact) mass is 223 g/mol. The fourth-order valence-electron chi connectivity index (χ4n) is 2.31. The highest BCUT2D eigenvalue weighted by molar-refractivity contribution is 7.15. The van der Waals surface area contributed by atoms with Crippen LogP contribution in [0.15, 0.2) is 0 Å². The molecule has 3 nitrogen and oxygen atoms in total. The van der Waals surface area contributed by atoms with Gasteiger partial charge in [-0.05, 0) is 32.6 Å². The minimum atomic E-state index is 0.105. The predicted octanol–water partition coefficient (Wildman–Crippen LogP) is 1.69. The van der Waals surface area contributed by atoms with Crippen molar-refractivity contribution in [2.24, 2.45) is 11.7 Å². The molecule has 0 aromatic carbocycles. The van der Waals surface area contributed by atoms with Crippen molar-refractivity contribution in [2.75, 3.05) is 18.0 Å². The number of thiazole rings is 1. The molecule has 2 aliphatic rings. The Morgan fingerprint density at radius 3 is 2.53 bits per heavy atom. The lowest BCUT2D eigenvalue weighted by Gasteiger charge is -2.48. The van der Waals surface area contributed by atoms with Gasteiger partial charge in [-0.1, -0.05) is 0 Å². The lowest BCUT2D eigenvalue weighted by molar-refractivity contribution is 0.290. The molecule has 1 aromatic heterocycles. The van der Waals surface area contributed by atoms with Crippen LogP contribution in [-0.4, -0.2) is 23.6 Å². The maximum Gasteiger partial charge on any atom is 0.185 e. The number of anilines is 1. The zero-order valence-corrected chi connectivity index (χ0v) is 10.1. The van der Waals surface area contributed by atoms with Gasteiger partial charge in [-0.15, -0.1) is 11.3 Å². The summed E-state index contributed by atoms with van der Waals surface area (Å²) >= 11 is 1.79. The van der Waals surface area contributed by atoms with E-state index in [4.69, 9.17) is 5.73 Å². The molecule has 1 aliphatic heterocycles. The predicted molar refractivity (Wildman–Crippen MR) is 63.4 cm³/mol. The van der Waals surface area contributed by atoms with Crippen molar-refractivity contribution in [3.05, 3.63) is 10.6 Å². The average molecular weight is 223 g/mol. The quantitative estimate of drug-likeness (QED) is 0.829. The van der Waals surface area contributed by atoms with Crippen LogP contribution in [0.3, 0.4) is 0 Å². The summed E-state index contributed by atoms with van der Waals surface area (Å²) in [7, 11) is 0. The fraction of sp³-hybridized carbons (Fsp3) is 0.727. The van der Waals surface area contributed by atoms with Crippen LogP contribution in [0.5, 0.6) is 0 Å². The molecule has 1 saturated carbocycles. The maximum absolute atomic E-state index is 6.32. The van der Waals surface area contributed by atoms with Crippen LogP contribution in [-0.2, 0) is 0 Å². The number of nitrogens with zero attached hydrogens (tertiary/aromatic N) is 2. The second-order valence-corrected chi connectivity index (χ2v) is 6.18. The van der Waals surface area contributed by atoms with Crippen LogP contribution < -0.4 is 10.6 Å². The smallest absolute Gasteiger partial charge is 0.185 e. The first kappa shape index (κ1) is 9.60. The Hall–Kier alpha value is -0.610. The highest BCUT2D eigenvalue weighted by Gasteiger charge is 2.50. The van der Waals surface area contributed by atoms with Crippen LogP contribution in [0, 0.1) is 19.8 Å². The molecule has 2 N–H and O–H groups in total. The van der Waals surface area contributed by atoms with Crippen LogP contribution in [0.25, 0.3) is 0 Å². The van der Waals surface area contributed by atoms with E-state index in [0.29, 0.717) is 0 Å². The highest BCUT2D eigenvalue weighted by atomic mass is 32.1. The van der Waals surface area contributed by atoms with Gasteiger partial charge in [0.25, 0.3) is 0 Å². The summed E-state index contributed by atoms with van der Waals surface area (Å²) in [6.45, 7) is 6.21. The van der Waals surface area contributed by atoms with Gasteiger partial charge in [0.05, 0.1) is 11.2 Å². The maximum atomic E-state index is 6.32. The third-order valence-corrected chi connectivity index (χ3v) is 4.78. The number of aryl methyl sites for hydroxylation is 2. The van der Waals surface area contributed by atoms with Crippen LogP contribution in [0.2, 0.25) is 0 Å². The van der Waals surface area contributed by atoms with Gasteiger partial charge in [-0.2, -0.15) is 0 Å². The van der Waals surface area contributed by atoms with E-state index in [1.54, 1.807) is 11.3 Å². The Morgan fingerprint density at radius 1 is 1.40 bits per heavy atom. The van der Waals surface area contributed by atoms with Crippen molar-refractivity contribution in [1.29, 1.82) is 0 Å². The van der Waals surface area contributed by atoms with Gasteiger partial charge in [0, 0.05) is 18.0 Å². The molecule has 3 rings (SSSR count). The standard InChI is InChI=1S/C11H17N3S/c1-7-8(2)15-10(13-7)14-5-11(12,6-14)9-3-4-9/h9H,3-6,12H2,1-2H3. The van der Waals surface area contributed by atoms with Crippen molar-refractivity contribution in [1.82, 2.24) is 4.98 Å². The third kappa shape index (κ3) is 1.47. The number of hydrogen-bond acceptors (Lipinski definition) is 4. The lowest BCUT2D eigenvalue weighted by Crippen LogP contribution is -2.69. The molecule has 2 heterocycles. The first-order valence-electron chi connectivity index (χ1n) is 5.56. The van der Waals surface area contributed by atoms with E-state index in [9.17, 15) is 0 Å². The molecule has 2 fully saturated rings. The normalized spacial score (nSPS) is 24.1. The van der Waals surface area contributed by atoms with Gasteiger partial charge < -0.3 is 10.6 Å². The van der Waals surface area contributed by atoms with E-state index in [1.165, 1.54) is 17.7 Å². The molecule has 0 unspecified atom stereocenters. The summed E-state index contributed by atoms with van der Waals surface area (Å²) in [6, 6.07) is 0. The molecule has 15 heavy (non-hydrogen) atoms. The van der Waals surface area contributed by atoms with E-state index in [2.05, 4.69) is 23.7 Å². The largest absolute Gasteiger partial charge is 0.344 e. The molecule has 4 heteroatoms. The summed E-state index contributed by atoms with van der Waals surface area (Å²) in [5, 5.41) is 1.16. The number of nitrogens with two attached hydrogens (primary N) is 1. The van der Waals surface area contributed by atoms with Gasteiger partial charge in [0.15, 0.2) is 5.13 Å². The van der Waals surface area contributed by atoms with Crippen molar-refractivity contribution >= 4 is 16.5 Å². The van der Waals surface area contributed by atoms with Gasteiger partial charge in [-0.25, -0.2) is 4.98 Å².